The zero-order valence-corrected chi connectivity index (χ0v) is 47.5. The normalized spacial score (nSPS) is 11.0. The van der Waals surface area contributed by atoms with Crippen molar-refractivity contribution in [3.63, 3.8) is 0 Å². The Labute approximate surface area is 467 Å². The molecule has 0 amide bonds. The lowest BCUT2D eigenvalue weighted by atomic mass is 10.0. The number of halogens is 2. The second-order valence-corrected chi connectivity index (χ2v) is 20.7. The van der Waals surface area contributed by atoms with E-state index in [9.17, 15) is 28.0 Å². The minimum Gasteiger partial charge on any atom is -0.493 e. The zero-order valence-electron chi connectivity index (χ0n) is 47.5. The third-order valence-electron chi connectivity index (χ3n) is 14.0. The van der Waals surface area contributed by atoms with Crippen LogP contribution in [0.25, 0.3) is 0 Å². The number of carbonyl (C=O) groups is 4. The summed E-state index contributed by atoms with van der Waals surface area (Å²) in [5, 5.41) is 0. The molecule has 3 rings (SSSR count). The van der Waals surface area contributed by atoms with Gasteiger partial charge in [0.05, 0.1) is 37.6 Å². The van der Waals surface area contributed by atoms with Gasteiger partial charge in [0, 0.05) is 24.3 Å². The number of unbranched alkanes of at least 4 members (excludes halogenated alkanes) is 34. The molecule has 0 atom stereocenters. The van der Waals surface area contributed by atoms with Gasteiger partial charge in [-0.2, -0.15) is 0 Å². The van der Waals surface area contributed by atoms with E-state index in [1.165, 1.54) is 228 Å². The molecule has 0 fully saturated rings. The second kappa shape index (κ2) is 45.4. The topological polar surface area (TPSA) is 124 Å². The molecule has 0 aliphatic rings. The van der Waals surface area contributed by atoms with Crippen LogP contribution in [-0.2, 0) is 19.1 Å². The van der Waals surface area contributed by atoms with E-state index in [0.29, 0.717) is 37.9 Å². The summed E-state index contributed by atoms with van der Waals surface area (Å²) in [4.78, 5) is 47.7. The Morgan fingerprint density at radius 2 is 0.538 bits per heavy atom. The van der Waals surface area contributed by atoms with Crippen LogP contribution in [0.1, 0.15) is 252 Å². The lowest BCUT2D eigenvalue weighted by Gasteiger charge is -2.10. The number of ether oxygens (including phenoxy) is 6. The van der Waals surface area contributed by atoms with Crippen molar-refractivity contribution >= 4 is 23.9 Å². The van der Waals surface area contributed by atoms with Gasteiger partial charge < -0.3 is 28.4 Å². The maximum atomic E-state index is 15.0. The molecule has 0 aliphatic heterocycles. The summed E-state index contributed by atoms with van der Waals surface area (Å²) >= 11 is 0. The second-order valence-electron chi connectivity index (χ2n) is 20.7. The summed E-state index contributed by atoms with van der Waals surface area (Å²) in [6.45, 7) is 8.74. The molecule has 12 heteroatoms. The predicted octanol–water partition coefficient (Wildman–Crippen LogP) is 18.7. The molecule has 3 aromatic carbocycles. The highest BCUT2D eigenvalue weighted by atomic mass is 19.1. The molecule has 434 valence electrons. The first kappa shape index (κ1) is 66.8. The van der Waals surface area contributed by atoms with E-state index in [4.69, 9.17) is 28.4 Å². The Balaban J connectivity index is 1.13. The van der Waals surface area contributed by atoms with Gasteiger partial charge in [-0.3, -0.25) is 0 Å². The van der Waals surface area contributed by atoms with Crippen molar-refractivity contribution in [2.45, 2.75) is 231 Å². The highest BCUT2D eigenvalue weighted by Crippen LogP contribution is 2.25. The van der Waals surface area contributed by atoms with Crippen molar-refractivity contribution in [3.05, 3.63) is 109 Å². The van der Waals surface area contributed by atoms with Crippen molar-refractivity contribution in [1.82, 2.24) is 0 Å². The summed E-state index contributed by atoms with van der Waals surface area (Å²) < 4.78 is 62.2. The maximum Gasteiger partial charge on any atom is 0.346 e. The summed E-state index contributed by atoms with van der Waals surface area (Å²) in [5.41, 5.74) is -0.479. The minimum atomic E-state index is -0.885. The average molecular weight is 1090 g/mol. The van der Waals surface area contributed by atoms with Gasteiger partial charge >= 0.3 is 23.9 Å². The van der Waals surface area contributed by atoms with E-state index in [2.05, 4.69) is 13.2 Å². The molecule has 0 saturated heterocycles. The largest absolute Gasteiger partial charge is 0.493 e. The van der Waals surface area contributed by atoms with Crippen LogP contribution >= 0.6 is 0 Å². The van der Waals surface area contributed by atoms with Crippen LogP contribution < -0.4 is 18.9 Å². The van der Waals surface area contributed by atoms with Crippen molar-refractivity contribution in [3.8, 4) is 23.0 Å². The van der Waals surface area contributed by atoms with Gasteiger partial charge in [0.1, 0.15) is 34.6 Å². The molecule has 0 radical (unpaired) electrons. The first-order valence-electron chi connectivity index (χ1n) is 30.2. The fraction of sp³-hybridized carbons (Fsp3) is 0.606. The summed E-state index contributed by atoms with van der Waals surface area (Å²) in [7, 11) is 0. The molecule has 0 aromatic heterocycles. The minimum absolute atomic E-state index is 0.115. The number of esters is 4. The van der Waals surface area contributed by atoms with Gasteiger partial charge in [-0.15, -0.1) is 0 Å². The highest BCUT2D eigenvalue weighted by Gasteiger charge is 2.18. The van der Waals surface area contributed by atoms with E-state index in [-0.39, 0.29) is 34.6 Å². The van der Waals surface area contributed by atoms with Gasteiger partial charge in [-0.1, -0.05) is 219 Å². The van der Waals surface area contributed by atoms with Crippen LogP contribution in [0.2, 0.25) is 0 Å². The number of hydrogen-bond acceptors (Lipinski definition) is 10. The molecular weight excluding hydrogens is 991 g/mol. The van der Waals surface area contributed by atoms with Gasteiger partial charge in [0.2, 0.25) is 0 Å². The Bertz CT molecular complexity index is 1940. The molecule has 0 spiro atoms. The number of carbonyl (C=O) groups excluding carboxylic acids is 4. The number of hydrogen-bond donors (Lipinski definition) is 0. The quantitative estimate of drug-likeness (QED) is 0.0234. The molecule has 0 aliphatic carbocycles. The molecular formula is C66H96F2O10. The highest BCUT2D eigenvalue weighted by molar-refractivity contribution is 5.92. The van der Waals surface area contributed by atoms with E-state index in [1.807, 2.05) is 0 Å². The molecule has 10 nitrogen and oxygen atoms in total. The Hall–Kier alpha value is -5.52. The summed E-state index contributed by atoms with van der Waals surface area (Å²) in [6.07, 6.45) is 46.1. The molecule has 0 N–H and O–H groups in total. The summed E-state index contributed by atoms with van der Waals surface area (Å²) in [5.74, 6) is -3.02. The van der Waals surface area contributed by atoms with E-state index < -0.39 is 23.6 Å². The van der Waals surface area contributed by atoms with Crippen LogP contribution in [0.5, 0.6) is 23.0 Å². The fourth-order valence-corrected chi connectivity index (χ4v) is 9.31. The molecule has 0 saturated carbocycles. The van der Waals surface area contributed by atoms with Crippen LogP contribution in [0, 0.1) is 11.6 Å². The van der Waals surface area contributed by atoms with Crippen molar-refractivity contribution in [1.29, 1.82) is 0 Å². The third kappa shape index (κ3) is 33.7. The monoisotopic (exact) mass is 1090 g/mol. The SMILES string of the molecule is C=CC(=O)OCCCCCCCCCCCCCCCCCCCCOc1ccc(C(=O)Oc2ccc(OC(=O)c3ccc(OCCCCCCCCCCCCCCCCCCCCOC(=O)C=C)cc3F)cc2)c(F)c1. The third-order valence-corrected chi connectivity index (χ3v) is 14.0. The molecule has 3 aromatic rings. The lowest BCUT2D eigenvalue weighted by Crippen LogP contribution is -2.12. The smallest absolute Gasteiger partial charge is 0.346 e. The van der Waals surface area contributed by atoms with E-state index in [0.717, 1.165) is 64.2 Å². The molecule has 0 heterocycles. The number of rotatable bonds is 50. The molecule has 78 heavy (non-hydrogen) atoms. The molecule has 0 unspecified atom stereocenters. The van der Waals surface area contributed by atoms with Crippen LogP contribution in [0.15, 0.2) is 86.0 Å². The van der Waals surface area contributed by atoms with Gasteiger partial charge in [0.15, 0.2) is 0 Å². The average Bonchev–Trinajstić information content (AvgIpc) is 3.45. The van der Waals surface area contributed by atoms with Gasteiger partial charge in [-0.25, -0.2) is 28.0 Å². The van der Waals surface area contributed by atoms with E-state index >= 15 is 0 Å². The van der Waals surface area contributed by atoms with Crippen LogP contribution in [-0.4, -0.2) is 50.3 Å². The van der Waals surface area contributed by atoms with Crippen LogP contribution in [0.3, 0.4) is 0 Å². The predicted molar refractivity (Wildman–Crippen MR) is 309 cm³/mol. The first-order chi connectivity index (χ1) is 38.2. The van der Waals surface area contributed by atoms with Crippen molar-refractivity contribution in [2.24, 2.45) is 0 Å². The van der Waals surface area contributed by atoms with Crippen molar-refractivity contribution in [2.75, 3.05) is 26.4 Å². The van der Waals surface area contributed by atoms with Gasteiger partial charge in [-0.05, 0) is 74.2 Å². The van der Waals surface area contributed by atoms with Gasteiger partial charge in [0.25, 0.3) is 0 Å². The number of benzene rings is 3. The Morgan fingerprint density at radius 3 is 0.769 bits per heavy atom. The zero-order chi connectivity index (χ0) is 55.9. The summed E-state index contributed by atoms with van der Waals surface area (Å²) in [6, 6.07) is 13.8. The Morgan fingerprint density at radius 1 is 0.321 bits per heavy atom. The Kier molecular flexibility index (Phi) is 38.8. The van der Waals surface area contributed by atoms with E-state index in [1.54, 1.807) is 12.1 Å². The first-order valence-corrected chi connectivity index (χ1v) is 30.2. The lowest BCUT2D eigenvalue weighted by molar-refractivity contribution is -0.138. The standard InChI is InChI=1S/C66H96F2O10/c1-3-63(69)75-51-39-35-31-27-23-19-15-11-7-5-9-13-17-21-25-29-33-37-49-73-57-45-47-59(61(67)53-57)65(71)77-55-41-43-56(44-42-55)78-66(72)60-48-46-58(54-62(60)68)74-50-38-34-30-26-22-18-14-10-6-8-12-16-20-24-28-32-36-40-52-76-64(70)4-2/h3-4,41-48,53-54H,1-2,5-40,49-52H2. The maximum absolute atomic E-state index is 15.0. The fourth-order valence-electron chi connectivity index (χ4n) is 9.31. The van der Waals surface area contributed by atoms with Crippen LogP contribution in [0.4, 0.5) is 8.78 Å². The van der Waals surface area contributed by atoms with Crippen molar-refractivity contribution < 1.29 is 56.4 Å². The molecule has 0 bridgehead atoms.